The monoisotopic (exact) mass is 335 g/mol. The molecule has 1 aliphatic rings. The van der Waals surface area contributed by atoms with Crippen LogP contribution in [0.2, 0.25) is 0 Å². The van der Waals surface area contributed by atoms with Crippen LogP contribution < -0.4 is 10.5 Å². The minimum Gasteiger partial charge on any atom is -0.490 e. The molecule has 0 aromatic heterocycles. The van der Waals surface area contributed by atoms with Crippen molar-refractivity contribution in [2.75, 3.05) is 13.2 Å². The van der Waals surface area contributed by atoms with E-state index in [0.29, 0.717) is 13.2 Å². The van der Waals surface area contributed by atoms with Gasteiger partial charge in [0, 0.05) is 6.54 Å². The van der Waals surface area contributed by atoms with Crippen LogP contribution in [0.4, 0.5) is 0 Å². The van der Waals surface area contributed by atoms with E-state index in [-0.39, 0.29) is 12.2 Å². The van der Waals surface area contributed by atoms with E-state index in [4.69, 9.17) is 15.2 Å². The second-order valence-corrected chi connectivity index (χ2v) is 5.90. The molecule has 2 aromatic rings. The molecule has 2 atom stereocenters. The van der Waals surface area contributed by atoms with Crippen molar-refractivity contribution >= 4 is 26.7 Å². The fourth-order valence-corrected chi connectivity index (χ4v) is 3.19. The minimum absolute atomic E-state index is 0.155. The summed E-state index contributed by atoms with van der Waals surface area (Å²) in [5.41, 5.74) is 5.62. The molecule has 106 valence electrons. The molecule has 4 heteroatoms. The first-order valence-electron chi connectivity index (χ1n) is 6.93. The zero-order valence-electron chi connectivity index (χ0n) is 11.2. The molecule has 0 bridgehead atoms. The third kappa shape index (κ3) is 2.82. The topological polar surface area (TPSA) is 44.5 Å². The lowest BCUT2D eigenvalue weighted by atomic mass is 10.1. The maximum atomic E-state index is 5.91. The smallest absolute Gasteiger partial charge is 0.134 e. The van der Waals surface area contributed by atoms with Crippen LogP contribution in [0.1, 0.15) is 12.8 Å². The van der Waals surface area contributed by atoms with Crippen LogP contribution in [0, 0.1) is 0 Å². The molecule has 0 radical (unpaired) electrons. The summed E-state index contributed by atoms with van der Waals surface area (Å²) in [5.74, 6) is 0.864. The molecule has 1 saturated heterocycles. The SMILES string of the molecule is NCC1CCC(COc2ccc3ccccc3c2Br)O1. The lowest BCUT2D eigenvalue weighted by Crippen LogP contribution is -2.23. The average Bonchev–Trinajstić information content (AvgIpc) is 2.95. The highest BCUT2D eigenvalue weighted by atomic mass is 79.9. The van der Waals surface area contributed by atoms with Crippen LogP contribution in [0.5, 0.6) is 5.75 Å². The van der Waals surface area contributed by atoms with Crippen LogP contribution in [-0.2, 0) is 4.74 Å². The normalized spacial score (nSPS) is 22.3. The minimum atomic E-state index is 0.155. The molecule has 0 saturated carbocycles. The zero-order chi connectivity index (χ0) is 13.9. The van der Waals surface area contributed by atoms with Gasteiger partial charge in [0.2, 0.25) is 0 Å². The Hall–Kier alpha value is -1.10. The highest BCUT2D eigenvalue weighted by molar-refractivity contribution is 9.10. The van der Waals surface area contributed by atoms with Crippen molar-refractivity contribution < 1.29 is 9.47 Å². The standard InChI is InChI=1S/C16H18BrNO2/c17-16-14-4-2-1-3-11(14)5-8-15(16)19-10-13-7-6-12(9-18)20-13/h1-5,8,12-13H,6-7,9-10,18H2. The highest BCUT2D eigenvalue weighted by Crippen LogP contribution is 2.33. The van der Waals surface area contributed by atoms with Gasteiger partial charge in [0.15, 0.2) is 0 Å². The Morgan fingerprint density at radius 3 is 2.75 bits per heavy atom. The summed E-state index contributed by atoms with van der Waals surface area (Å²) < 4.78 is 12.7. The Bertz CT molecular complexity index is 602. The summed E-state index contributed by atoms with van der Waals surface area (Å²) in [6.07, 6.45) is 2.40. The molecular weight excluding hydrogens is 318 g/mol. The van der Waals surface area contributed by atoms with Gasteiger partial charge >= 0.3 is 0 Å². The lowest BCUT2D eigenvalue weighted by molar-refractivity contribution is 0.0221. The maximum Gasteiger partial charge on any atom is 0.134 e. The quantitative estimate of drug-likeness (QED) is 0.930. The number of hydrogen-bond acceptors (Lipinski definition) is 3. The molecule has 0 amide bonds. The molecule has 20 heavy (non-hydrogen) atoms. The van der Waals surface area contributed by atoms with Gasteiger partial charge in [0.25, 0.3) is 0 Å². The number of fused-ring (bicyclic) bond motifs is 1. The van der Waals surface area contributed by atoms with Gasteiger partial charge in [0.1, 0.15) is 12.4 Å². The Kier molecular flexibility index (Phi) is 4.24. The van der Waals surface area contributed by atoms with E-state index in [1.54, 1.807) is 0 Å². The van der Waals surface area contributed by atoms with Crippen molar-refractivity contribution in [1.82, 2.24) is 0 Å². The van der Waals surface area contributed by atoms with E-state index in [0.717, 1.165) is 28.5 Å². The molecule has 1 aliphatic heterocycles. The Morgan fingerprint density at radius 1 is 1.15 bits per heavy atom. The molecule has 2 N–H and O–H groups in total. The van der Waals surface area contributed by atoms with Crippen molar-refractivity contribution in [3.63, 3.8) is 0 Å². The third-order valence-electron chi connectivity index (χ3n) is 3.71. The van der Waals surface area contributed by atoms with Crippen molar-refractivity contribution in [3.05, 3.63) is 40.9 Å². The van der Waals surface area contributed by atoms with E-state index in [1.165, 1.54) is 5.39 Å². The maximum absolute atomic E-state index is 5.91. The van der Waals surface area contributed by atoms with E-state index in [1.807, 2.05) is 18.2 Å². The highest BCUT2D eigenvalue weighted by Gasteiger charge is 2.24. The fraction of sp³-hybridized carbons (Fsp3) is 0.375. The van der Waals surface area contributed by atoms with E-state index in [9.17, 15) is 0 Å². The molecule has 2 unspecified atom stereocenters. The fourth-order valence-electron chi connectivity index (χ4n) is 2.58. The largest absolute Gasteiger partial charge is 0.490 e. The summed E-state index contributed by atoms with van der Waals surface area (Å²) >= 11 is 3.63. The third-order valence-corrected chi connectivity index (χ3v) is 4.53. The molecule has 2 aromatic carbocycles. The molecule has 0 aliphatic carbocycles. The van der Waals surface area contributed by atoms with Gasteiger partial charge in [-0.05, 0) is 45.6 Å². The number of halogens is 1. The molecule has 0 spiro atoms. The van der Waals surface area contributed by atoms with Crippen molar-refractivity contribution in [2.45, 2.75) is 25.0 Å². The van der Waals surface area contributed by atoms with Gasteiger partial charge in [-0.1, -0.05) is 30.3 Å². The van der Waals surface area contributed by atoms with Crippen LogP contribution in [0.3, 0.4) is 0 Å². The number of benzene rings is 2. The lowest BCUT2D eigenvalue weighted by Gasteiger charge is -2.15. The molecule has 1 fully saturated rings. The van der Waals surface area contributed by atoms with Crippen LogP contribution in [0.15, 0.2) is 40.9 Å². The van der Waals surface area contributed by atoms with E-state index < -0.39 is 0 Å². The van der Waals surface area contributed by atoms with Gasteiger partial charge in [-0.3, -0.25) is 0 Å². The van der Waals surface area contributed by atoms with Crippen molar-refractivity contribution in [3.8, 4) is 5.75 Å². The average molecular weight is 336 g/mol. The van der Waals surface area contributed by atoms with E-state index in [2.05, 4.69) is 34.1 Å². The van der Waals surface area contributed by atoms with Gasteiger partial charge in [-0.25, -0.2) is 0 Å². The Labute approximate surface area is 127 Å². The van der Waals surface area contributed by atoms with Crippen LogP contribution in [-0.4, -0.2) is 25.4 Å². The van der Waals surface area contributed by atoms with Gasteiger partial charge in [-0.15, -0.1) is 0 Å². The summed E-state index contributed by atoms with van der Waals surface area (Å²) in [5, 5.41) is 2.37. The van der Waals surface area contributed by atoms with Crippen molar-refractivity contribution in [2.24, 2.45) is 5.73 Å². The van der Waals surface area contributed by atoms with Gasteiger partial charge < -0.3 is 15.2 Å². The number of ether oxygens (including phenoxy) is 2. The zero-order valence-corrected chi connectivity index (χ0v) is 12.8. The first kappa shape index (κ1) is 13.9. The van der Waals surface area contributed by atoms with Gasteiger partial charge in [0.05, 0.1) is 16.7 Å². The summed E-state index contributed by atoms with van der Waals surface area (Å²) in [7, 11) is 0. The second kappa shape index (κ2) is 6.12. The predicted octanol–water partition coefficient (Wildman–Crippen LogP) is 3.49. The number of rotatable bonds is 4. The Balaban J connectivity index is 1.70. The summed E-state index contributed by atoms with van der Waals surface area (Å²) in [4.78, 5) is 0. The van der Waals surface area contributed by atoms with E-state index >= 15 is 0 Å². The number of hydrogen-bond donors (Lipinski definition) is 1. The van der Waals surface area contributed by atoms with Gasteiger partial charge in [-0.2, -0.15) is 0 Å². The predicted molar refractivity (Wildman–Crippen MR) is 84.1 cm³/mol. The Morgan fingerprint density at radius 2 is 1.95 bits per heavy atom. The first-order valence-corrected chi connectivity index (χ1v) is 7.73. The number of nitrogens with two attached hydrogens (primary N) is 1. The molecular formula is C16H18BrNO2. The first-order chi connectivity index (χ1) is 9.78. The van der Waals surface area contributed by atoms with Crippen LogP contribution in [0.25, 0.3) is 10.8 Å². The van der Waals surface area contributed by atoms with Crippen molar-refractivity contribution in [1.29, 1.82) is 0 Å². The molecule has 1 heterocycles. The molecule has 3 rings (SSSR count). The van der Waals surface area contributed by atoms with Crippen LogP contribution >= 0.6 is 15.9 Å². The summed E-state index contributed by atoms with van der Waals surface area (Å²) in [6, 6.07) is 12.3. The molecule has 3 nitrogen and oxygen atoms in total. The summed E-state index contributed by atoms with van der Waals surface area (Å²) in [6.45, 7) is 1.17. The second-order valence-electron chi connectivity index (χ2n) is 5.10.